The van der Waals surface area contributed by atoms with Crippen molar-refractivity contribution in [3.63, 3.8) is 0 Å². The van der Waals surface area contributed by atoms with Crippen LogP contribution >= 0.6 is 0 Å². The first-order valence-corrected chi connectivity index (χ1v) is 9.19. The van der Waals surface area contributed by atoms with Gasteiger partial charge in [-0.25, -0.2) is 4.39 Å². The standard InChI is InChI=1S/C21H13F7N2O4/c1-11-9-13(34-21(26,27)28)4-6-15(11)33-16-7-5-14(20(23,24)25)18(22)17(16)19(31)29-12-3-2-8-30(32)10-12/h2-10H,1H3,(H,29,31). The number of ether oxygens (including phenoxy) is 2. The summed E-state index contributed by atoms with van der Waals surface area (Å²) >= 11 is 0. The van der Waals surface area contributed by atoms with Crippen molar-refractivity contribution in [2.75, 3.05) is 5.32 Å². The van der Waals surface area contributed by atoms with Crippen molar-refractivity contribution in [1.82, 2.24) is 0 Å². The van der Waals surface area contributed by atoms with Gasteiger partial charge in [-0.1, -0.05) is 0 Å². The van der Waals surface area contributed by atoms with Crippen molar-refractivity contribution in [1.29, 1.82) is 0 Å². The Labute approximate surface area is 186 Å². The zero-order chi connectivity index (χ0) is 25.3. The second kappa shape index (κ2) is 9.08. The van der Waals surface area contributed by atoms with Gasteiger partial charge in [-0.2, -0.15) is 17.9 Å². The van der Waals surface area contributed by atoms with E-state index < -0.39 is 46.9 Å². The monoisotopic (exact) mass is 490 g/mol. The average Bonchev–Trinajstić information content (AvgIpc) is 2.68. The lowest BCUT2D eigenvalue weighted by atomic mass is 10.1. The summed E-state index contributed by atoms with van der Waals surface area (Å²) in [6, 6.07) is 6.32. The van der Waals surface area contributed by atoms with E-state index in [-0.39, 0.29) is 17.0 Å². The fraction of sp³-hybridized carbons (Fsp3) is 0.143. The maximum absolute atomic E-state index is 14.8. The molecule has 0 aliphatic rings. The van der Waals surface area contributed by atoms with E-state index in [1.165, 1.54) is 19.1 Å². The molecule has 0 saturated carbocycles. The topological polar surface area (TPSA) is 74.5 Å². The molecule has 0 bridgehead atoms. The second-order valence-electron chi connectivity index (χ2n) is 6.78. The van der Waals surface area contributed by atoms with Crippen LogP contribution in [0.5, 0.6) is 17.2 Å². The van der Waals surface area contributed by atoms with Gasteiger partial charge in [0.25, 0.3) is 5.91 Å². The summed E-state index contributed by atoms with van der Waals surface area (Å²) in [5, 5.41) is 13.5. The lowest BCUT2D eigenvalue weighted by Gasteiger charge is -2.17. The van der Waals surface area contributed by atoms with Crippen LogP contribution in [0.25, 0.3) is 0 Å². The van der Waals surface area contributed by atoms with E-state index in [9.17, 15) is 40.7 Å². The summed E-state index contributed by atoms with van der Waals surface area (Å²) in [5.41, 5.74) is -2.98. The number of rotatable bonds is 5. The van der Waals surface area contributed by atoms with Crippen LogP contribution in [-0.2, 0) is 6.18 Å². The number of anilines is 1. The zero-order valence-corrected chi connectivity index (χ0v) is 16.9. The van der Waals surface area contributed by atoms with Gasteiger partial charge in [0.1, 0.15) is 28.5 Å². The van der Waals surface area contributed by atoms with Gasteiger partial charge in [0.15, 0.2) is 12.0 Å². The molecule has 1 heterocycles. The van der Waals surface area contributed by atoms with Crippen molar-refractivity contribution < 1.29 is 49.7 Å². The fourth-order valence-electron chi connectivity index (χ4n) is 2.85. The Morgan fingerprint density at radius 1 is 1.03 bits per heavy atom. The van der Waals surface area contributed by atoms with E-state index in [2.05, 4.69) is 10.1 Å². The number of pyridine rings is 1. The van der Waals surface area contributed by atoms with Crippen LogP contribution in [0, 0.1) is 17.9 Å². The first kappa shape index (κ1) is 24.6. The molecule has 2 aromatic carbocycles. The summed E-state index contributed by atoms with van der Waals surface area (Å²) in [6.45, 7) is 1.30. The van der Waals surface area contributed by atoms with E-state index >= 15 is 0 Å². The number of aromatic nitrogens is 1. The minimum Gasteiger partial charge on any atom is -0.619 e. The van der Waals surface area contributed by atoms with Gasteiger partial charge >= 0.3 is 12.5 Å². The van der Waals surface area contributed by atoms with Crippen LogP contribution in [-0.4, -0.2) is 12.3 Å². The second-order valence-corrected chi connectivity index (χ2v) is 6.78. The number of hydrogen-bond donors (Lipinski definition) is 1. The molecule has 1 amide bonds. The molecular formula is C21H13F7N2O4. The van der Waals surface area contributed by atoms with Crippen molar-refractivity contribution in [2.24, 2.45) is 0 Å². The van der Waals surface area contributed by atoms with Gasteiger partial charge < -0.3 is 20.0 Å². The highest BCUT2D eigenvalue weighted by atomic mass is 19.4. The van der Waals surface area contributed by atoms with Crippen LogP contribution in [0.3, 0.4) is 0 Å². The Morgan fingerprint density at radius 2 is 1.71 bits per heavy atom. The molecule has 0 aliphatic carbocycles. The molecule has 6 nitrogen and oxygen atoms in total. The van der Waals surface area contributed by atoms with Crippen molar-refractivity contribution in [2.45, 2.75) is 19.5 Å². The average molecular weight is 490 g/mol. The first-order valence-electron chi connectivity index (χ1n) is 9.19. The number of nitrogens with zero attached hydrogens (tertiary/aromatic N) is 1. The molecule has 0 atom stereocenters. The number of nitrogens with one attached hydrogen (secondary N) is 1. The molecule has 3 rings (SSSR count). The lowest BCUT2D eigenvalue weighted by molar-refractivity contribution is -0.604. The molecule has 180 valence electrons. The van der Waals surface area contributed by atoms with Crippen molar-refractivity contribution >= 4 is 11.6 Å². The molecule has 34 heavy (non-hydrogen) atoms. The predicted molar refractivity (Wildman–Crippen MR) is 103 cm³/mol. The third kappa shape index (κ3) is 5.85. The molecule has 13 heteroatoms. The Kier molecular flexibility index (Phi) is 6.57. The highest BCUT2D eigenvalue weighted by Gasteiger charge is 2.37. The van der Waals surface area contributed by atoms with Gasteiger partial charge in [0, 0.05) is 6.07 Å². The van der Waals surface area contributed by atoms with Gasteiger partial charge in [-0.05, 0) is 48.9 Å². The molecule has 0 aliphatic heterocycles. The molecule has 0 unspecified atom stereocenters. The number of aryl methyl sites for hydroxylation is 1. The van der Waals surface area contributed by atoms with Crippen molar-refractivity contribution in [3.8, 4) is 17.2 Å². The highest BCUT2D eigenvalue weighted by Crippen LogP contribution is 2.38. The predicted octanol–water partition coefficient (Wildman–Crippen LogP) is 5.73. The molecule has 0 saturated heterocycles. The van der Waals surface area contributed by atoms with Crippen LogP contribution < -0.4 is 19.5 Å². The smallest absolute Gasteiger partial charge is 0.573 e. The Hall–Kier alpha value is -4.03. The summed E-state index contributed by atoms with van der Waals surface area (Å²) in [6.07, 6.45) is -8.15. The normalized spacial score (nSPS) is 11.8. The zero-order valence-electron chi connectivity index (χ0n) is 16.9. The number of alkyl halides is 6. The first-order chi connectivity index (χ1) is 15.7. The maximum Gasteiger partial charge on any atom is 0.573 e. The van der Waals surface area contributed by atoms with Crippen LogP contribution in [0.2, 0.25) is 0 Å². The summed E-state index contributed by atoms with van der Waals surface area (Å²) in [7, 11) is 0. The van der Waals surface area contributed by atoms with Gasteiger partial charge in [-0.3, -0.25) is 4.79 Å². The number of hydrogen-bond acceptors (Lipinski definition) is 4. The van der Waals surface area contributed by atoms with Crippen LogP contribution in [0.1, 0.15) is 21.5 Å². The number of benzene rings is 2. The lowest BCUT2D eigenvalue weighted by Crippen LogP contribution is -2.26. The molecule has 3 aromatic rings. The third-order valence-electron chi connectivity index (χ3n) is 4.27. The SMILES string of the molecule is Cc1cc(OC(F)(F)F)ccc1Oc1ccc(C(F)(F)F)c(F)c1C(=O)Nc1ccc[n+]([O-])c1. The summed E-state index contributed by atoms with van der Waals surface area (Å²) < 4.78 is 101. The van der Waals surface area contributed by atoms with E-state index in [1.54, 1.807) is 0 Å². The minimum atomic E-state index is -5.14. The van der Waals surface area contributed by atoms with E-state index in [4.69, 9.17) is 4.74 Å². The van der Waals surface area contributed by atoms with E-state index in [0.29, 0.717) is 16.9 Å². The van der Waals surface area contributed by atoms with E-state index in [1.807, 2.05) is 0 Å². The van der Waals surface area contributed by atoms with Crippen molar-refractivity contribution in [3.05, 3.63) is 82.6 Å². The van der Waals surface area contributed by atoms with Crippen LogP contribution in [0.4, 0.5) is 36.4 Å². The van der Waals surface area contributed by atoms with E-state index in [0.717, 1.165) is 30.6 Å². The molecule has 1 aromatic heterocycles. The Morgan fingerprint density at radius 3 is 2.29 bits per heavy atom. The number of halogens is 7. The highest BCUT2D eigenvalue weighted by molar-refractivity contribution is 6.06. The van der Waals surface area contributed by atoms with Gasteiger partial charge in [0.05, 0.1) is 5.56 Å². The molecular weight excluding hydrogens is 477 g/mol. The largest absolute Gasteiger partial charge is 0.619 e. The van der Waals surface area contributed by atoms with Gasteiger partial charge in [0.2, 0.25) is 6.20 Å². The van der Waals surface area contributed by atoms with Gasteiger partial charge in [-0.15, -0.1) is 13.2 Å². The molecule has 0 spiro atoms. The quantitative estimate of drug-likeness (QED) is 0.282. The fourth-order valence-corrected chi connectivity index (χ4v) is 2.85. The molecule has 0 radical (unpaired) electrons. The Bertz CT molecular complexity index is 1230. The third-order valence-corrected chi connectivity index (χ3v) is 4.27. The molecule has 1 N–H and O–H groups in total. The maximum atomic E-state index is 14.8. The summed E-state index contributed by atoms with van der Waals surface area (Å²) in [4.78, 5) is 12.7. The number of amides is 1. The van der Waals surface area contributed by atoms with Crippen LogP contribution in [0.15, 0.2) is 54.9 Å². The number of carbonyl (C=O) groups excluding carboxylic acids is 1. The minimum absolute atomic E-state index is 0.0453. The Balaban J connectivity index is 2.02. The number of carbonyl (C=O) groups is 1. The summed E-state index contributed by atoms with van der Waals surface area (Å²) in [5.74, 6) is -4.73. The molecule has 0 fully saturated rings.